The number of hydrogen-bond acceptors (Lipinski definition) is 7. The standard InChI is InChI=1S/C30H33FIN5O4/c1-15(20-9-4-10-36(20)2)41-29-23(32)27(34-24-17-12-21(24)37(14-17)30(38)39)19-13-33-25(22(31)26(19)35-29)18-8-3-6-16-7-5-11-40-28(16)18/h3,6,8,13,15,17,20-21,24H,4-5,7,9-12,14H2,1-2H3,(H,34,35)(H,38,39)/t15-,17+,20-,21+,24-/m0/s1. The molecule has 0 unspecified atom stereocenters. The van der Waals surface area contributed by atoms with Gasteiger partial charge in [0.05, 0.1) is 27.9 Å². The van der Waals surface area contributed by atoms with Crippen LogP contribution in [-0.4, -0.2) is 81.9 Å². The lowest BCUT2D eigenvalue weighted by atomic mass is 9.80. The maximum absolute atomic E-state index is 16.5. The summed E-state index contributed by atoms with van der Waals surface area (Å²) < 4.78 is 29.7. The molecule has 0 spiro atoms. The van der Waals surface area contributed by atoms with E-state index in [1.165, 1.54) is 4.90 Å². The smallest absolute Gasteiger partial charge is 0.407 e. The van der Waals surface area contributed by atoms with Crippen LogP contribution < -0.4 is 14.8 Å². The van der Waals surface area contributed by atoms with Gasteiger partial charge in [-0.3, -0.25) is 9.88 Å². The molecule has 2 bridgehead atoms. The van der Waals surface area contributed by atoms with Crippen molar-refractivity contribution in [3.8, 4) is 22.9 Å². The third kappa shape index (κ3) is 4.46. The summed E-state index contributed by atoms with van der Waals surface area (Å²) in [6.45, 7) is 4.15. The number of rotatable bonds is 6. The van der Waals surface area contributed by atoms with Crippen LogP contribution in [0.2, 0.25) is 0 Å². The summed E-state index contributed by atoms with van der Waals surface area (Å²) in [5.74, 6) is 0.736. The van der Waals surface area contributed by atoms with Crippen molar-refractivity contribution in [1.29, 1.82) is 0 Å². The first-order valence-electron chi connectivity index (χ1n) is 14.4. The van der Waals surface area contributed by atoms with Gasteiger partial charge in [0.25, 0.3) is 0 Å². The summed E-state index contributed by atoms with van der Waals surface area (Å²) in [4.78, 5) is 24.9. The number of benzene rings is 1. The molecule has 0 radical (unpaired) electrons. The molecule has 3 saturated heterocycles. The summed E-state index contributed by atoms with van der Waals surface area (Å²) in [7, 11) is 2.10. The Kier molecular flexibility index (Phi) is 6.84. The second-order valence-electron chi connectivity index (χ2n) is 11.7. The van der Waals surface area contributed by atoms with Crippen LogP contribution in [0.4, 0.5) is 14.9 Å². The number of fused-ring (bicyclic) bond motifs is 3. The second kappa shape index (κ2) is 10.4. The van der Waals surface area contributed by atoms with Crippen molar-refractivity contribution in [2.75, 3.05) is 32.1 Å². The summed E-state index contributed by atoms with van der Waals surface area (Å²) >= 11 is 2.21. The molecule has 216 valence electrons. The van der Waals surface area contributed by atoms with Gasteiger partial charge < -0.3 is 24.8 Å². The first-order valence-corrected chi connectivity index (χ1v) is 15.5. The van der Waals surface area contributed by atoms with Crippen LogP contribution in [0.25, 0.3) is 22.2 Å². The molecule has 11 heteroatoms. The van der Waals surface area contributed by atoms with Crippen molar-refractivity contribution < 1.29 is 23.8 Å². The molecule has 9 nitrogen and oxygen atoms in total. The molecule has 4 fully saturated rings. The highest BCUT2D eigenvalue weighted by Crippen LogP contribution is 2.46. The zero-order chi connectivity index (χ0) is 28.4. The lowest BCUT2D eigenvalue weighted by molar-refractivity contribution is 0.116. The fourth-order valence-electron chi connectivity index (χ4n) is 7.13. The molecule has 2 aromatic heterocycles. The van der Waals surface area contributed by atoms with Gasteiger partial charge >= 0.3 is 6.09 Å². The van der Waals surface area contributed by atoms with Gasteiger partial charge in [-0.1, -0.05) is 12.1 Å². The fourth-order valence-corrected chi connectivity index (χ4v) is 7.83. The SMILES string of the molecule is C[C@H](Oc1nc2c(F)c(-c3cccc4c3OCCC4)ncc2c(N[C@H]2[C@@H]3C[C@H]2N(C(=O)O)C3)c1I)[C@@H]1CCCN1C. The van der Waals surface area contributed by atoms with Crippen LogP contribution in [0.15, 0.2) is 24.4 Å². The number of anilines is 1. The summed E-state index contributed by atoms with van der Waals surface area (Å²) in [5.41, 5.74) is 2.74. The molecule has 2 N–H and O–H groups in total. The molecule has 1 aliphatic carbocycles. The number of nitrogens with zero attached hydrogens (tertiary/aromatic N) is 4. The number of likely N-dealkylation sites (N-methyl/N-ethyl adjacent to an activating group) is 1. The quantitative estimate of drug-likeness (QED) is 0.337. The summed E-state index contributed by atoms with van der Waals surface area (Å²) in [6.07, 6.45) is 5.40. The minimum absolute atomic E-state index is 0.0614. The summed E-state index contributed by atoms with van der Waals surface area (Å²) in [6, 6.07) is 5.84. The van der Waals surface area contributed by atoms with E-state index in [2.05, 4.69) is 44.8 Å². The zero-order valence-corrected chi connectivity index (χ0v) is 25.2. The van der Waals surface area contributed by atoms with Crippen LogP contribution in [0.3, 0.4) is 0 Å². The number of para-hydroxylation sites is 1. The predicted molar refractivity (Wildman–Crippen MR) is 161 cm³/mol. The number of hydrogen-bond donors (Lipinski definition) is 2. The molecular weight excluding hydrogens is 640 g/mol. The van der Waals surface area contributed by atoms with E-state index in [4.69, 9.17) is 14.5 Å². The van der Waals surface area contributed by atoms with Crippen LogP contribution in [0.5, 0.6) is 11.6 Å². The molecule has 6 heterocycles. The Balaban J connectivity index is 1.33. The fraction of sp³-hybridized carbons (Fsp3) is 0.500. The number of carbonyl (C=O) groups is 1. The molecule has 3 aromatic rings. The maximum atomic E-state index is 16.5. The van der Waals surface area contributed by atoms with E-state index in [9.17, 15) is 9.90 Å². The first kappa shape index (κ1) is 26.9. The average molecular weight is 674 g/mol. The number of aromatic nitrogens is 2. The van der Waals surface area contributed by atoms with Gasteiger partial charge in [0, 0.05) is 35.7 Å². The number of halogens is 2. The van der Waals surface area contributed by atoms with Crippen LogP contribution in [0, 0.1) is 15.3 Å². The van der Waals surface area contributed by atoms with E-state index in [1.54, 1.807) is 6.20 Å². The first-order chi connectivity index (χ1) is 19.8. The van der Waals surface area contributed by atoms with E-state index < -0.39 is 11.9 Å². The average Bonchev–Trinajstić information content (AvgIpc) is 3.69. The number of aryl methyl sites for hydroxylation is 1. The Labute approximate surface area is 251 Å². The van der Waals surface area contributed by atoms with Crippen molar-refractivity contribution in [3.05, 3.63) is 39.3 Å². The van der Waals surface area contributed by atoms with E-state index >= 15 is 4.39 Å². The van der Waals surface area contributed by atoms with Gasteiger partial charge in [-0.05, 0) is 86.8 Å². The van der Waals surface area contributed by atoms with Gasteiger partial charge in [-0.2, -0.15) is 0 Å². The Morgan fingerprint density at radius 3 is 2.95 bits per heavy atom. The minimum atomic E-state index is -0.902. The van der Waals surface area contributed by atoms with Crippen molar-refractivity contribution in [2.24, 2.45) is 5.92 Å². The van der Waals surface area contributed by atoms with E-state index in [-0.39, 0.29) is 41.4 Å². The molecule has 1 amide bonds. The van der Waals surface area contributed by atoms with Crippen molar-refractivity contribution in [1.82, 2.24) is 19.8 Å². The highest BCUT2D eigenvalue weighted by Gasteiger charge is 2.54. The summed E-state index contributed by atoms with van der Waals surface area (Å²) in [5, 5.41) is 13.8. The monoisotopic (exact) mass is 673 g/mol. The number of amides is 1. The number of pyridine rings is 2. The minimum Gasteiger partial charge on any atom is -0.493 e. The van der Waals surface area contributed by atoms with Gasteiger partial charge in [0.15, 0.2) is 5.82 Å². The molecule has 8 rings (SSSR count). The number of likely N-dealkylation sites (tertiary alicyclic amines) is 1. The van der Waals surface area contributed by atoms with Crippen LogP contribution >= 0.6 is 22.6 Å². The molecule has 1 aromatic carbocycles. The normalized spacial score (nSPS) is 25.9. The van der Waals surface area contributed by atoms with Crippen molar-refractivity contribution in [3.63, 3.8) is 0 Å². The Hall–Kier alpha value is -2.93. The number of nitrogens with one attached hydrogen (secondary N) is 1. The lowest BCUT2D eigenvalue weighted by Gasteiger charge is -2.37. The highest BCUT2D eigenvalue weighted by molar-refractivity contribution is 14.1. The molecule has 5 aliphatic rings. The predicted octanol–water partition coefficient (Wildman–Crippen LogP) is 5.39. The maximum Gasteiger partial charge on any atom is 0.407 e. The molecule has 1 saturated carbocycles. The van der Waals surface area contributed by atoms with Gasteiger partial charge in [-0.15, -0.1) is 0 Å². The van der Waals surface area contributed by atoms with E-state index in [0.29, 0.717) is 41.4 Å². The van der Waals surface area contributed by atoms with Gasteiger partial charge in [0.2, 0.25) is 5.88 Å². The Morgan fingerprint density at radius 1 is 1.34 bits per heavy atom. The Bertz CT molecular complexity index is 1540. The third-order valence-electron chi connectivity index (χ3n) is 9.34. The third-order valence-corrected chi connectivity index (χ3v) is 10.3. The van der Waals surface area contributed by atoms with Crippen molar-refractivity contribution >= 4 is 45.3 Å². The highest BCUT2D eigenvalue weighted by atomic mass is 127. The van der Waals surface area contributed by atoms with Crippen LogP contribution in [0.1, 0.15) is 38.2 Å². The lowest BCUT2D eigenvalue weighted by Crippen LogP contribution is -2.49. The number of ether oxygens (including phenoxy) is 2. The van der Waals surface area contributed by atoms with Crippen LogP contribution in [-0.2, 0) is 6.42 Å². The zero-order valence-electron chi connectivity index (χ0n) is 23.1. The molecule has 4 aliphatic heterocycles. The van der Waals surface area contributed by atoms with Crippen molar-refractivity contribution in [2.45, 2.75) is 63.3 Å². The second-order valence-corrected chi connectivity index (χ2v) is 12.8. The largest absolute Gasteiger partial charge is 0.493 e. The van der Waals surface area contributed by atoms with Gasteiger partial charge in [-0.25, -0.2) is 14.2 Å². The molecule has 5 atom stereocenters. The van der Waals surface area contributed by atoms with E-state index in [0.717, 1.165) is 47.8 Å². The topological polar surface area (TPSA) is 100 Å². The van der Waals surface area contributed by atoms with E-state index in [1.807, 2.05) is 25.1 Å². The van der Waals surface area contributed by atoms with Gasteiger partial charge in [0.1, 0.15) is 23.1 Å². The number of carboxylic acid groups (broad SMARTS) is 1. The Morgan fingerprint density at radius 2 is 2.20 bits per heavy atom. The molecular formula is C30H33FIN5O4. The molecule has 41 heavy (non-hydrogen) atoms.